The fraction of sp³-hybridized carbons (Fsp3) is 0.417. The first-order valence-corrected chi connectivity index (χ1v) is 5.07. The second-order valence-electron chi connectivity index (χ2n) is 3.91. The summed E-state index contributed by atoms with van der Waals surface area (Å²) in [6, 6.07) is 1.80. The lowest BCUT2D eigenvalue weighted by Crippen LogP contribution is -1.99. The van der Waals surface area contributed by atoms with Crippen molar-refractivity contribution in [2.45, 2.75) is 26.7 Å². The van der Waals surface area contributed by atoms with Crippen molar-refractivity contribution in [1.82, 2.24) is 0 Å². The summed E-state index contributed by atoms with van der Waals surface area (Å²) in [6.07, 6.45) is 1.84. The van der Waals surface area contributed by atoms with Crippen molar-refractivity contribution in [2.75, 3.05) is 7.11 Å². The molecule has 0 saturated heterocycles. The van der Waals surface area contributed by atoms with Gasteiger partial charge in [0.1, 0.15) is 12.9 Å². The van der Waals surface area contributed by atoms with Gasteiger partial charge in [-0.15, -0.1) is 0 Å². The third kappa shape index (κ3) is 1.48. The van der Waals surface area contributed by atoms with Crippen molar-refractivity contribution in [1.29, 1.82) is 0 Å². The van der Waals surface area contributed by atoms with Crippen LogP contribution in [0.4, 0.5) is 0 Å². The van der Waals surface area contributed by atoms with Gasteiger partial charge in [-0.3, -0.25) is 0 Å². The van der Waals surface area contributed by atoms with Crippen molar-refractivity contribution in [2.24, 2.45) is 5.16 Å². The summed E-state index contributed by atoms with van der Waals surface area (Å²) in [5, 5.41) is 13.7. The molecule has 0 atom stereocenters. The van der Waals surface area contributed by atoms with Crippen LogP contribution < -0.4 is 0 Å². The number of hydrogen-bond acceptors (Lipinski definition) is 3. The number of nitrogens with zero attached hydrogens (tertiary/aromatic N) is 1. The summed E-state index contributed by atoms with van der Waals surface area (Å²) < 4.78 is 0. The van der Waals surface area contributed by atoms with Crippen LogP contribution in [0.1, 0.15) is 28.7 Å². The normalized spacial score (nSPS) is 16.9. The Morgan fingerprint density at radius 1 is 1.33 bits per heavy atom. The molecule has 3 heteroatoms. The Morgan fingerprint density at radius 2 is 2.07 bits per heavy atom. The van der Waals surface area contributed by atoms with Crippen LogP contribution in [0.25, 0.3) is 0 Å². The smallest absolute Gasteiger partial charge is 0.119 e. The maximum Gasteiger partial charge on any atom is 0.119 e. The first-order chi connectivity index (χ1) is 7.15. The Bertz CT molecular complexity index is 436. The van der Waals surface area contributed by atoms with Crippen molar-refractivity contribution in [3.63, 3.8) is 0 Å². The molecule has 0 unspecified atom stereocenters. The molecule has 15 heavy (non-hydrogen) atoms. The van der Waals surface area contributed by atoms with Crippen molar-refractivity contribution in [3.05, 3.63) is 28.3 Å². The summed E-state index contributed by atoms with van der Waals surface area (Å²) in [5.41, 5.74) is 5.40. The van der Waals surface area contributed by atoms with E-state index in [0.717, 1.165) is 35.2 Å². The number of benzene rings is 1. The fourth-order valence-corrected chi connectivity index (χ4v) is 2.25. The number of fused-ring (bicyclic) bond motifs is 1. The molecule has 1 aromatic carbocycles. The van der Waals surface area contributed by atoms with Crippen LogP contribution in [0.2, 0.25) is 0 Å². The molecule has 0 heterocycles. The van der Waals surface area contributed by atoms with Crippen LogP contribution >= 0.6 is 0 Å². The zero-order valence-electron chi connectivity index (χ0n) is 9.29. The highest BCUT2D eigenvalue weighted by atomic mass is 16.6. The van der Waals surface area contributed by atoms with E-state index in [-0.39, 0.29) is 0 Å². The molecule has 0 bridgehead atoms. The molecule has 0 aromatic heterocycles. The zero-order valence-corrected chi connectivity index (χ0v) is 9.29. The third-order valence-electron chi connectivity index (χ3n) is 2.99. The van der Waals surface area contributed by atoms with E-state index in [2.05, 4.69) is 5.16 Å². The molecular formula is C12H15NO2. The van der Waals surface area contributed by atoms with Crippen LogP contribution in [-0.2, 0) is 11.3 Å². The average Bonchev–Trinajstić information content (AvgIpc) is 2.59. The highest BCUT2D eigenvalue weighted by Crippen LogP contribution is 2.33. The van der Waals surface area contributed by atoms with Gasteiger partial charge in [-0.2, -0.15) is 0 Å². The predicted octanol–water partition coefficient (Wildman–Crippen LogP) is 2.31. The van der Waals surface area contributed by atoms with E-state index in [9.17, 15) is 5.11 Å². The van der Waals surface area contributed by atoms with Gasteiger partial charge in [0.2, 0.25) is 0 Å². The van der Waals surface area contributed by atoms with Crippen molar-refractivity contribution >= 4 is 5.71 Å². The Kier molecular flexibility index (Phi) is 2.39. The second-order valence-corrected chi connectivity index (χ2v) is 3.91. The number of aromatic hydroxyl groups is 1. The molecule has 1 N–H and O–H groups in total. The number of phenolic OH excluding ortho intramolecular Hbond substituents is 1. The molecule has 0 fully saturated rings. The molecule has 0 amide bonds. The molecule has 0 radical (unpaired) electrons. The Hall–Kier alpha value is -1.51. The minimum atomic E-state index is 0.380. The SMILES string of the molecule is CO/N=C1/CCc2c(C)c(O)cc(C)c21. The fourth-order valence-electron chi connectivity index (χ4n) is 2.25. The lowest BCUT2D eigenvalue weighted by atomic mass is 9.98. The molecule has 0 saturated carbocycles. The summed E-state index contributed by atoms with van der Waals surface area (Å²) in [7, 11) is 1.56. The van der Waals surface area contributed by atoms with Gasteiger partial charge in [-0.25, -0.2) is 0 Å². The molecular weight excluding hydrogens is 190 g/mol. The molecule has 3 nitrogen and oxygen atoms in total. The monoisotopic (exact) mass is 205 g/mol. The molecule has 0 spiro atoms. The first kappa shape index (κ1) is 10.0. The van der Waals surface area contributed by atoms with Gasteiger partial charge in [0.15, 0.2) is 0 Å². The molecule has 80 valence electrons. The van der Waals surface area contributed by atoms with E-state index in [1.54, 1.807) is 13.2 Å². The Morgan fingerprint density at radius 3 is 2.73 bits per heavy atom. The average molecular weight is 205 g/mol. The maximum atomic E-state index is 9.71. The molecule has 1 aliphatic carbocycles. The quantitative estimate of drug-likeness (QED) is 0.715. The van der Waals surface area contributed by atoms with E-state index in [4.69, 9.17) is 4.84 Å². The minimum absolute atomic E-state index is 0.380. The van der Waals surface area contributed by atoms with E-state index in [1.807, 2.05) is 13.8 Å². The highest BCUT2D eigenvalue weighted by Gasteiger charge is 2.23. The number of hydrogen-bond donors (Lipinski definition) is 1. The number of phenols is 1. The van der Waals surface area contributed by atoms with Crippen LogP contribution in [0.3, 0.4) is 0 Å². The van der Waals surface area contributed by atoms with Gasteiger partial charge >= 0.3 is 0 Å². The van der Waals surface area contributed by atoms with E-state index in [0.29, 0.717) is 5.75 Å². The minimum Gasteiger partial charge on any atom is -0.508 e. The van der Waals surface area contributed by atoms with E-state index < -0.39 is 0 Å². The third-order valence-corrected chi connectivity index (χ3v) is 2.99. The van der Waals surface area contributed by atoms with Gasteiger partial charge in [-0.1, -0.05) is 5.16 Å². The largest absolute Gasteiger partial charge is 0.508 e. The van der Waals surface area contributed by atoms with Gasteiger partial charge in [0.25, 0.3) is 0 Å². The molecule has 2 rings (SSSR count). The van der Waals surface area contributed by atoms with E-state index in [1.165, 1.54) is 5.56 Å². The van der Waals surface area contributed by atoms with E-state index >= 15 is 0 Å². The summed E-state index contributed by atoms with van der Waals surface area (Å²) in [4.78, 5) is 4.83. The molecule has 0 aliphatic heterocycles. The summed E-state index contributed by atoms with van der Waals surface area (Å²) in [6.45, 7) is 3.94. The van der Waals surface area contributed by atoms with Crippen LogP contribution in [-0.4, -0.2) is 17.9 Å². The number of rotatable bonds is 1. The zero-order chi connectivity index (χ0) is 11.0. The number of oxime groups is 1. The lowest BCUT2D eigenvalue weighted by Gasteiger charge is -2.09. The summed E-state index contributed by atoms with van der Waals surface area (Å²) >= 11 is 0. The highest BCUT2D eigenvalue weighted by molar-refractivity contribution is 6.06. The van der Waals surface area contributed by atoms with Crippen LogP contribution in [0, 0.1) is 13.8 Å². The first-order valence-electron chi connectivity index (χ1n) is 5.07. The lowest BCUT2D eigenvalue weighted by molar-refractivity contribution is 0.213. The Labute approximate surface area is 89.4 Å². The van der Waals surface area contributed by atoms with Crippen LogP contribution in [0.15, 0.2) is 11.2 Å². The molecule has 1 aliphatic rings. The van der Waals surface area contributed by atoms with Crippen molar-refractivity contribution < 1.29 is 9.94 Å². The maximum absolute atomic E-state index is 9.71. The predicted molar refractivity (Wildman–Crippen MR) is 59.4 cm³/mol. The van der Waals surface area contributed by atoms with Gasteiger partial charge in [0.05, 0.1) is 5.71 Å². The topological polar surface area (TPSA) is 41.8 Å². The number of aryl methyl sites for hydroxylation is 1. The van der Waals surface area contributed by atoms with Gasteiger partial charge < -0.3 is 9.94 Å². The summed E-state index contributed by atoms with van der Waals surface area (Å²) in [5.74, 6) is 0.380. The van der Waals surface area contributed by atoms with Crippen molar-refractivity contribution in [3.8, 4) is 5.75 Å². The second kappa shape index (κ2) is 3.57. The van der Waals surface area contributed by atoms with Gasteiger partial charge in [-0.05, 0) is 49.4 Å². The molecule has 1 aromatic rings. The Balaban J connectivity index is 2.64. The standard InChI is InChI=1S/C12H15NO2/c1-7-6-11(14)8(2)9-4-5-10(12(7)9)13-15-3/h6,14H,4-5H2,1-3H3/b13-10-. The van der Waals surface area contributed by atoms with Gasteiger partial charge in [0, 0.05) is 5.56 Å². The van der Waals surface area contributed by atoms with Crippen LogP contribution in [0.5, 0.6) is 5.75 Å².